The Morgan fingerprint density at radius 2 is 2.03 bits per heavy atom. The minimum absolute atomic E-state index is 0.105. The number of halogens is 2. The van der Waals surface area contributed by atoms with Gasteiger partial charge in [0.2, 0.25) is 0 Å². The van der Waals surface area contributed by atoms with Gasteiger partial charge in [0.25, 0.3) is 0 Å². The summed E-state index contributed by atoms with van der Waals surface area (Å²) in [5, 5.41) is 9.34. The Labute approximate surface area is 197 Å². The molecule has 4 rings (SSSR count). The summed E-state index contributed by atoms with van der Waals surface area (Å²) in [6, 6.07) is 12.4. The lowest BCUT2D eigenvalue weighted by Crippen LogP contribution is -2.35. The Morgan fingerprint density at radius 1 is 1.24 bits per heavy atom. The van der Waals surface area contributed by atoms with Gasteiger partial charge >= 0.3 is 5.97 Å². The Hall–Kier alpha value is -3.09. The number of rotatable bonds is 7. The Kier molecular flexibility index (Phi) is 7.16. The van der Waals surface area contributed by atoms with E-state index in [9.17, 15) is 9.18 Å². The van der Waals surface area contributed by atoms with Crippen LogP contribution in [0.25, 0.3) is 23.5 Å². The first-order chi connectivity index (χ1) is 15.9. The number of fused-ring (bicyclic) bond motifs is 1. The van der Waals surface area contributed by atoms with Gasteiger partial charge in [-0.2, -0.15) is 0 Å². The van der Waals surface area contributed by atoms with Gasteiger partial charge < -0.3 is 5.11 Å². The molecule has 1 unspecified atom stereocenters. The summed E-state index contributed by atoms with van der Waals surface area (Å²) in [6.45, 7) is 4.32. The second-order valence-electron chi connectivity index (χ2n) is 8.47. The first kappa shape index (κ1) is 23.1. The van der Waals surface area contributed by atoms with E-state index in [1.165, 1.54) is 6.07 Å². The van der Waals surface area contributed by atoms with E-state index >= 15 is 0 Å². The van der Waals surface area contributed by atoms with Crippen LogP contribution in [-0.4, -0.2) is 39.0 Å². The molecule has 170 valence electrons. The highest BCUT2D eigenvalue weighted by atomic mass is 35.5. The first-order valence-corrected chi connectivity index (χ1v) is 11.3. The van der Waals surface area contributed by atoms with Gasteiger partial charge in [-0.15, -0.1) is 0 Å². The molecule has 3 aromatic rings. The number of nitrogens with zero attached hydrogens (tertiary/aromatic N) is 3. The topological polar surface area (TPSA) is 66.3 Å². The predicted octanol–water partition coefficient (Wildman–Crippen LogP) is 5.58. The normalized spacial score (nSPS) is 14.9. The fraction of sp³-hybridized carbons (Fsp3) is 0.269. The van der Waals surface area contributed by atoms with Crippen LogP contribution < -0.4 is 0 Å². The minimum atomic E-state index is -0.758. The number of hydrogen-bond donors (Lipinski definition) is 1. The molecule has 7 heteroatoms. The Morgan fingerprint density at radius 3 is 2.76 bits per heavy atom. The molecular formula is C26H25ClFN3O2. The van der Waals surface area contributed by atoms with E-state index in [-0.39, 0.29) is 18.2 Å². The number of aromatic nitrogens is 2. The molecule has 1 aliphatic rings. The van der Waals surface area contributed by atoms with Crippen molar-refractivity contribution in [3.8, 4) is 11.4 Å². The standard InChI is InChI=1S/C26H25ClFN3O2/c1-17(12-25(32)33)15-31-11-10-24-21(16-31)14-29-26(30-24)20-6-3-18(4-7-20)2-5-19-8-9-22(27)13-23(19)28/h2-9,13-14,17H,10-12,15-16H2,1H3,(H,32,33). The Balaban J connectivity index is 1.42. The molecule has 0 bridgehead atoms. The molecule has 0 aliphatic carbocycles. The molecule has 33 heavy (non-hydrogen) atoms. The predicted molar refractivity (Wildman–Crippen MR) is 128 cm³/mol. The summed E-state index contributed by atoms with van der Waals surface area (Å²) in [4.78, 5) is 22.5. The largest absolute Gasteiger partial charge is 0.481 e. The highest BCUT2D eigenvalue weighted by Gasteiger charge is 2.21. The molecule has 0 fully saturated rings. The van der Waals surface area contributed by atoms with E-state index in [4.69, 9.17) is 21.7 Å². The van der Waals surface area contributed by atoms with Gasteiger partial charge in [-0.3, -0.25) is 9.69 Å². The molecule has 1 aromatic heterocycles. The van der Waals surface area contributed by atoms with Crippen molar-refractivity contribution in [3.63, 3.8) is 0 Å². The molecule has 1 aliphatic heterocycles. The molecule has 0 amide bonds. The molecule has 0 spiro atoms. The highest BCUT2D eigenvalue weighted by molar-refractivity contribution is 6.30. The van der Waals surface area contributed by atoms with E-state index in [1.54, 1.807) is 18.2 Å². The molecule has 0 saturated carbocycles. The van der Waals surface area contributed by atoms with Crippen LogP contribution in [0.2, 0.25) is 5.02 Å². The quantitative estimate of drug-likeness (QED) is 0.462. The van der Waals surface area contributed by atoms with Crippen molar-refractivity contribution in [2.24, 2.45) is 5.92 Å². The Bertz CT molecular complexity index is 1180. The SMILES string of the molecule is CC(CC(=O)O)CN1CCc2nc(-c3ccc(C=Cc4ccc(Cl)cc4F)cc3)ncc2C1. The molecule has 1 atom stereocenters. The van der Waals surface area contributed by atoms with Crippen LogP contribution in [0.3, 0.4) is 0 Å². The fourth-order valence-electron chi connectivity index (χ4n) is 4.04. The third kappa shape index (κ3) is 6.03. The number of carboxylic acid groups (broad SMARTS) is 1. The lowest BCUT2D eigenvalue weighted by molar-refractivity contribution is -0.138. The average molecular weight is 466 g/mol. The molecule has 0 radical (unpaired) electrons. The van der Waals surface area contributed by atoms with Gasteiger partial charge in [0.1, 0.15) is 5.82 Å². The van der Waals surface area contributed by atoms with Gasteiger partial charge in [-0.25, -0.2) is 14.4 Å². The molecule has 0 saturated heterocycles. The van der Waals surface area contributed by atoms with Gasteiger partial charge in [0, 0.05) is 60.4 Å². The summed E-state index contributed by atoms with van der Waals surface area (Å²) in [6.07, 6.45) is 6.45. The third-order valence-corrected chi connectivity index (χ3v) is 5.93. The maximum absolute atomic E-state index is 13.9. The summed E-state index contributed by atoms with van der Waals surface area (Å²) in [7, 11) is 0. The monoisotopic (exact) mass is 465 g/mol. The van der Waals surface area contributed by atoms with Gasteiger partial charge in [0.05, 0.1) is 5.69 Å². The summed E-state index contributed by atoms with van der Waals surface area (Å²) in [5.74, 6) is -0.326. The minimum Gasteiger partial charge on any atom is -0.481 e. The van der Waals surface area contributed by atoms with Crippen molar-refractivity contribution in [3.05, 3.63) is 81.9 Å². The van der Waals surface area contributed by atoms with Crippen molar-refractivity contribution < 1.29 is 14.3 Å². The second-order valence-corrected chi connectivity index (χ2v) is 8.91. The molecule has 5 nitrogen and oxygen atoms in total. The third-order valence-electron chi connectivity index (χ3n) is 5.69. The zero-order valence-corrected chi connectivity index (χ0v) is 19.1. The molecule has 2 aromatic carbocycles. The van der Waals surface area contributed by atoms with E-state index in [2.05, 4.69) is 9.88 Å². The van der Waals surface area contributed by atoms with Crippen molar-refractivity contribution in [2.75, 3.05) is 13.1 Å². The van der Waals surface area contributed by atoms with Crippen molar-refractivity contribution in [1.29, 1.82) is 0 Å². The lowest BCUT2D eigenvalue weighted by Gasteiger charge is -2.29. The van der Waals surface area contributed by atoms with Crippen molar-refractivity contribution >= 4 is 29.7 Å². The molecule has 2 heterocycles. The first-order valence-electron chi connectivity index (χ1n) is 10.9. The lowest BCUT2D eigenvalue weighted by atomic mass is 10.0. The van der Waals surface area contributed by atoms with Gasteiger partial charge in [0.15, 0.2) is 5.82 Å². The van der Waals surface area contributed by atoms with E-state index in [0.29, 0.717) is 16.4 Å². The summed E-state index contributed by atoms with van der Waals surface area (Å²) >= 11 is 5.80. The molecule has 1 N–H and O–H groups in total. The van der Waals surface area contributed by atoms with Crippen LogP contribution in [0, 0.1) is 11.7 Å². The van der Waals surface area contributed by atoms with Crippen molar-refractivity contribution in [2.45, 2.75) is 26.3 Å². The van der Waals surface area contributed by atoms with E-state index < -0.39 is 5.97 Å². The fourth-order valence-corrected chi connectivity index (χ4v) is 4.20. The number of carbonyl (C=O) groups is 1. The van der Waals surface area contributed by atoms with Crippen LogP contribution >= 0.6 is 11.6 Å². The zero-order chi connectivity index (χ0) is 23.4. The van der Waals surface area contributed by atoms with Crippen LogP contribution in [0.1, 0.15) is 35.7 Å². The van der Waals surface area contributed by atoms with Crippen LogP contribution in [-0.2, 0) is 17.8 Å². The van der Waals surface area contributed by atoms with Gasteiger partial charge in [-0.1, -0.05) is 61.0 Å². The van der Waals surface area contributed by atoms with Gasteiger partial charge in [-0.05, 0) is 23.6 Å². The smallest absolute Gasteiger partial charge is 0.303 e. The number of carboxylic acids is 1. The van der Waals surface area contributed by atoms with E-state index in [0.717, 1.165) is 48.4 Å². The van der Waals surface area contributed by atoms with E-state index in [1.807, 2.05) is 43.5 Å². The zero-order valence-electron chi connectivity index (χ0n) is 18.3. The van der Waals surface area contributed by atoms with Crippen molar-refractivity contribution in [1.82, 2.24) is 14.9 Å². The van der Waals surface area contributed by atoms with Crippen LogP contribution in [0.4, 0.5) is 4.39 Å². The van der Waals surface area contributed by atoms with Crippen LogP contribution in [0.15, 0.2) is 48.7 Å². The maximum Gasteiger partial charge on any atom is 0.303 e. The average Bonchev–Trinajstić information content (AvgIpc) is 2.78. The highest BCUT2D eigenvalue weighted by Crippen LogP contribution is 2.23. The second kappa shape index (κ2) is 10.2. The maximum atomic E-state index is 13.9. The summed E-state index contributed by atoms with van der Waals surface area (Å²) < 4.78 is 13.9. The number of benzene rings is 2. The number of hydrogen-bond acceptors (Lipinski definition) is 4. The summed E-state index contributed by atoms with van der Waals surface area (Å²) in [5.41, 5.74) is 4.48. The molecular weight excluding hydrogens is 441 g/mol. The number of aliphatic carboxylic acids is 1. The van der Waals surface area contributed by atoms with Crippen LogP contribution in [0.5, 0.6) is 0 Å².